The van der Waals surface area contributed by atoms with Crippen LogP contribution in [0.4, 0.5) is 0 Å². The maximum Gasteiger partial charge on any atom is 0.328 e. The Morgan fingerprint density at radius 2 is 2.00 bits per heavy atom. The van der Waals surface area contributed by atoms with Crippen molar-refractivity contribution in [2.45, 2.75) is 26.8 Å². The molecule has 0 aliphatic carbocycles. The van der Waals surface area contributed by atoms with Gasteiger partial charge in [0.05, 0.1) is 6.04 Å². The number of amides is 1. The molecule has 0 heterocycles. The largest absolute Gasteiger partial charge is 0.478 e. The normalized spacial score (nSPS) is 14.0. The molecular formula is C10H18N2O3. The second kappa shape index (κ2) is 6.19. The minimum atomic E-state index is -0.991. The Morgan fingerprint density at radius 1 is 1.47 bits per heavy atom. The van der Waals surface area contributed by atoms with Crippen LogP contribution < -0.4 is 11.1 Å². The number of aliphatic carboxylic acids is 1. The standard InChI is InChI=1S/C10H18N2O3/c1-6(2)9(10(11)15)12-5-7(3)4-8(13)14/h4,6,9,12H,5H2,1-3H3,(H2,11,15)(H,13,14). The third kappa shape index (κ3) is 5.85. The first kappa shape index (κ1) is 13.6. The Bertz CT molecular complexity index is 272. The molecule has 5 heteroatoms. The molecule has 0 fully saturated rings. The molecule has 5 nitrogen and oxygen atoms in total. The van der Waals surface area contributed by atoms with Gasteiger partial charge in [-0.3, -0.25) is 4.79 Å². The first-order valence-electron chi connectivity index (χ1n) is 4.77. The van der Waals surface area contributed by atoms with Crippen LogP contribution in [0.2, 0.25) is 0 Å². The van der Waals surface area contributed by atoms with Crippen LogP contribution in [-0.2, 0) is 9.59 Å². The summed E-state index contributed by atoms with van der Waals surface area (Å²) in [6, 6.07) is -0.429. The molecule has 0 saturated carbocycles. The third-order valence-corrected chi connectivity index (χ3v) is 1.94. The van der Waals surface area contributed by atoms with Gasteiger partial charge in [-0.15, -0.1) is 0 Å². The molecule has 0 rings (SSSR count). The van der Waals surface area contributed by atoms with Gasteiger partial charge in [0.1, 0.15) is 0 Å². The molecule has 0 aromatic heterocycles. The highest BCUT2D eigenvalue weighted by molar-refractivity contribution is 5.81. The molecule has 0 aliphatic heterocycles. The average molecular weight is 214 g/mol. The van der Waals surface area contributed by atoms with Crippen LogP contribution in [0, 0.1) is 5.92 Å². The van der Waals surface area contributed by atoms with Crippen LogP contribution in [-0.4, -0.2) is 29.6 Å². The van der Waals surface area contributed by atoms with Crippen molar-refractivity contribution in [1.29, 1.82) is 0 Å². The van der Waals surface area contributed by atoms with Crippen molar-refractivity contribution in [2.24, 2.45) is 11.7 Å². The number of carboxylic acid groups (broad SMARTS) is 1. The maximum absolute atomic E-state index is 11.0. The van der Waals surface area contributed by atoms with E-state index in [0.29, 0.717) is 12.1 Å². The Balaban J connectivity index is 4.23. The number of rotatable bonds is 6. The van der Waals surface area contributed by atoms with E-state index >= 15 is 0 Å². The molecule has 0 spiro atoms. The number of carbonyl (C=O) groups is 2. The summed E-state index contributed by atoms with van der Waals surface area (Å²) < 4.78 is 0. The Morgan fingerprint density at radius 3 is 2.33 bits per heavy atom. The van der Waals surface area contributed by atoms with E-state index in [0.717, 1.165) is 6.08 Å². The molecule has 0 aliphatic rings. The van der Waals surface area contributed by atoms with Gasteiger partial charge in [0.2, 0.25) is 5.91 Å². The summed E-state index contributed by atoms with van der Waals surface area (Å²) in [4.78, 5) is 21.3. The second-order valence-electron chi connectivity index (χ2n) is 3.83. The summed E-state index contributed by atoms with van der Waals surface area (Å²) in [6.45, 7) is 5.77. The molecule has 0 saturated heterocycles. The van der Waals surface area contributed by atoms with E-state index < -0.39 is 17.9 Å². The summed E-state index contributed by atoms with van der Waals surface area (Å²) in [5.41, 5.74) is 5.84. The number of carbonyl (C=O) groups excluding carboxylic acids is 1. The summed E-state index contributed by atoms with van der Waals surface area (Å²) in [7, 11) is 0. The SMILES string of the molecule is CC(=CC(=O)O)CNC(C(N)=O)C(C)C. The lowest BCUT2D eigenvalue weighted by Gasteiger charge is -2.18. The van der Waals surface area contributed by atoms with Crippen molar-refractivity contribution < 1.29 is 14.7 Å². The molecule has 0 aromatic carbocycles. The molecule has 0 bridgehead atoms. The molecule has 1 atom stereocenters. The van der Waals surface area contributed by atoms with E-state index in [4.69, 9.17) is 10.8 Å². The molecule has 1 amide bonds. The van der Waals surface area contributed by atoms with Gasteiger partial charge in [-0.05, 0) is 12.8 Å². The molecule has 1 unspecified atom stereocenters. The van der Waals surface area contributed by atoms with E-state index in [9.17, 15) is 9.59 Å². The van der Waals surface area contributed by atoms with Gasteiger partial charge >= 0.3 is 5.97 Å². The number of primary amides is 1. The highest BCUT2D eigenvalue weighted by atomic mass is 16.4. The van der Waals surface area contributed by atoms with Gasteiger partial charge in [-0.1, -0.05) is 19.4 Å². The molecule has 4 N–H and O–H groups in total. The molecule has 15 heavy (non-hydrogen) atoms. The maximum atomic E-state index is 11.0. The van der Waals surface area contributed by atoms with E-state index in [1.54, 1.807) is 6.92 Å². The fourth-order valence-corrected chi connectivity index (χ4v) is 1.20. The van der Waals surface area contributed by atoms with Gasteiger partial charge in [0, 0.05) is 12.6 Å². The van der Waals surface area contributed by atoms with E-state index in [1.165, 1.54) is 0 Å². The van der Waals surface area contributed by atoms with Crippen LogP contribution in [0.15, 0.2) is 11.6 Å². The van der Waals surface area contributed by atoms with Crippen LogP contribution in [0.5, 0.6) is 0 Å². The zero-order chi connectivity index (χ0) is 12.0. The molecule has 86 valence electrons. The Kier molecular flexibility index (Phi) is 5.62. The van der Waals surface area contributed by atoms with E-state index in [2.05, 4.69) is 5.32 Å². The summed E-state index contributed by atoms with van der Waals surface area (Å²) in [5.74, 6) is -1.33. The Labute approximate surface area is 89.3 Å². The minimum Gasteiger partial charge on any atom is -0.478 e. The van der Waals surface area contributed by atoms with E-state index in [1.807, 2.05) is 13.8 Å². The molecule has 0 aromatic rings. The van der Waals surface area contributed by atoms with Crippen LogP contribution in [0.3, 0.4) is 0 Å². The average Bonchev–Trinajstić information content (AvgIpc) is 2.00. The van der Waals surface area contributed by atoms with Gasteiger partial charge in [-0.2, -0.15) is 0 Å². The minimum absolute atomic E-state index is 0.0835. The Hall–Kier alpha value is -1.36. The lowest BCUT2D eigenvalue weighted by atomic mass is 10.0. The van der Waals surface area contributed by atoms with Crippen molar-refractivity contribution in [3.8, 4) is 0 Å². The topological polar surface area (TPSA) is 92.4 Å². The van der Waals surface area contributed by atoms with Gasteiger partial charge < -0.3 is 16.2 Å². The predicted octanol–water partition coefficient (Wildman–Crippen LogP) is 0.117. The zero-order valence-electron chi connectivity index (χ0n) is 9.28. The van der Waals surface area contributed by atoms with Crippen molar-refractivity contribution in [3.63, 3.8) is 0 Å². The van der Waals surface area contributed by atoms with Crippen molar-refractivity contribution in [2.75, 3.05) is 6.54 Å². The first-order valence-corrected chi connectivity index (χ1v) is 4.77. The summed E-state index contributed by atoms with van der Waals surface area (Å²) in [5, 5.41) is 11.4. The first-order chi connectivity index (χ1) is 6.84. The quantitative estimate of drug-likeness (QED) is 0.547. The smallest absolute Gasteiger partial charge is 0.328 e. The summed E-state index contributed by atoms with van der Waals surface area (Å²) >= 11 is 0. The summed E-state index contributed by atoms with van der Waals surface area (Å²) in [6.07, 6.45) is 1.10. The van der Waals surface area contributed by atoms with Gasteiger partial charge in [0.25, 0.3) is 0 Å². The predicted molar refractivity (Wildman–Crippen MR) is 57.2 cm³/mol. The monoisotopic (exact) mass is 214 g/mol. The fourth-order valence-electron chi connectivity index (χ4n) is 1.20. The number of nitrogens with one attached hydrogen (secondary N) is 1. The van der Waals surface area contributed by atoms with Crippen LogP contribution in [0.25, 0.3) is 0 Å². The van der Waals surface area contributed by atoms with Crippen LogP contribution in [0.1, 0.15) is 20.8 Å². The lowest BCUT2D eigenvalue weighted by molar-refractivity contribution is -0.131. The highest BCUT2D eigenvalue weighted by Crippen LogP contribution is 2.01. The zero-order valence-corrected chi connectivity index (χ0v) is 9.28. The van der Waals surface area contributed by atoms with Gasteiger partial charge in [-0.25, -0.2) is 4.79 Å². The third-order valence-electron chi connectivity index (χ3n) is 1.94. The second-order valence-corrected chi connectivity index (χ2v) is 3.83. The number of nitrogens with two attached hydrogens (primary N) is 1. The van der Waals surface area contributed by atoms with Crippen LogP contribution >= 0.6 is 0 Å². The lowest BCUT2D eigenvalue weighted by Crippen LogP contribution is -2.45. The van der Waals surface area contributed by atoms with Gasteiger partial charge in [0.15, 0.2) is 0 Å². The van der Waals surface area contributed by atoms with Crippen molar-refractivity contribution in [1.82, 2.24) is 5.32 Å². The van der Waals surface area contributed by atoms with Crippen molar-refractivity contribution in [3.05, 3.63) is 11.6 Å². The number of hydrogen-bond donors (Lipinski definition) is 3. The van der Waals surface area contributed by atoms with Crippen molar-refractivity contribution >= 4 is 11.9 Å². The van der Waals surface area contributed by atoms with E-state index in [-0.39, 0.29) is 5.92 Å². The fraction of sp³-hybridized carbons (Fsp3) is 0.600. The molecule has 0 radical (unpaired) electrons. The highest BCUT2D eigenvalue weighted by Gasteiger charge is 2.18. The molecular weight excluding hydrogens is 196 g/mol. The number of hydrogen-bond acceptors (Lipinski definition) is 3. The number of carboxylic acids is 1.